The summed E-state index contributed by atoms with van der Waals surface area (Å²) in [6.45, 7) is 7.26. The molecule has 0 saturated carbocycles. The zero-order valence-corrected chi connectivity index (χ0v) is 17.3. The Bertz CT molecular complexity index is 516. The molecule has 1 amide bonds. The lowest BCUT2D eigenvalue weighted by Gasteiger charge is -2.21. The minimum Gasteiger partial charge on any atom is -0.355 e. The van der Waals surface area contributed by atoms with Crippen molar-refractivity contribution in [2.24, 2.45) is 4.99 Å². The van der Waals surface area contributed by atoms with E-state index in [0.717, 1.165) is 0 Å². The van der Waals surface area contributed by atoms with Gasteiger partial charge in [0.15, 0.2) is 5.96 Å². The van der Waals surface area contributed by atoms with E-state index in [1.165, 1.54) is 4.31 Å². The first-order valence-electron chi connectivity index (χ1n) is 7.37. The minimum absolute atomic E-state index is 0. The number of hydrogen-bond acceptors (Lipinski definition) is 4. The average molecular weight is 461 g/mol. The summed E-state index contributed by atoms with van der Waals surface area (Å²) < 4.78 is 24.8. The summed E-state index contributed by atoms with van der Waals surface area (Å²) in [6, 6.07) is 0. The Hall–Kier alpha value is -0.620. The lowest BCUT2D eigenvalue weighted by Crippen LogP contribution is -2.49. The first kappa shape index (κ1) is 22.4. The smallest absolute Gasteiger partial charge is 0.239 e. The number of halogens is 1. The van der Waals surface area contributed by atoms with Crippen LogP contribution in [0, 0.1) is 0 Å². The maximum absolute atomic E-state index is 11.7. The molecule has 1 aliphatic rings. The Morgan fingerprint density at radius 1 is 1.26 bits per heavy atom. The summed E-state index contributed by atoms with van der Waals surface area (Å²) in [6.07, 6.45) is 0.683. The molecule has 0 atom stereocenters. The van der Waals surface area contributed by atoms with Gasteiger partial charge in [-0.25, -0.2) is 12.7 Å². The van der Waals surface area contributed by atoms with Crippen LogP contribution >= 0.6 is 24.0 Å². The number of hydrogen-bond donors (Lipinski definition) is 3. The quantitative estimate of drug-likeness (QED) is 0.297. The number of aliphatic imine (C=N–C) groups is 1. The van der Waals surface area contributed by atoms with Crippen LogP contribution in [0.3, 0.4) is 0 Å². The molecule has 1 heterocycles. The lowest BCUT2D eigenvalue weighted by molar-refractivity contribution is -0.121. The van der Waals surface area contributed by atoms with Gasteiger partial charge >= 0.3 is 0 Å². The SMILES string of the molecule is CN=C(NCCN1CCCS1(=O)=O)NCC(=O)NC(C)(C)C.I. The van der Waals surface area contributed by atoms with E-state index in [2.05, 4.69) is 20.9 Å². The van der Waals surface area contributed by atoms with Crippen molar-refractivity contribution in [3.8, 4) is 0 Å². The van der Waals surface area contributed by atoms with Crippen molar-refractivity contribution in [3.63, 3.8) is 0 Å². The van der Waals surface area contributed by atoms with E-state index in [4.69, 9.17) is 0 Å². The molecule has 8 nitrogen and oxygen atoms in total. The van der Waals surface area contributed by atoms with Crippen LogP contribution in [-0.4, -0.2) is 69.1 Å². The zero-order valence-electron chi connectivity index (χ0n) is 14.2. The van der Waals surface area contributed by atoms with E-state index in [1.807, 2.05) is 20.8 Å². The molecule has 1 rings (SSSR count). The topological polar surface area (TPSA) is 103 Å². The van der Waals surface area contributed by atoms with Crippen molar-refractivity contribution in [1.82, 2.24) is 20.3 Å². The van der Waals surface area contributed by atoms with Crippen LogP contribution < -0.4 is 16.0 Å². The van der Waals surface area contributed by atoms with Gasteiger partial charge in [0, 0.05) is 32.2 Å². The molecule has 0 bridgehead atoms. The Balaban J connectivity index is 0.00000484. The highest BCUT2D eigenvalue weighted by Gasteiger charge is 2.27. The van der Waals surface area contributed by atoms with Crippen LogP contribution in [0.25, 0.3) is 0 Å². The molecule has 10 heteroatoms. The second-order valence-corrected chi connectivity index (χ2v) is 8.31. The van der Waals surface area contributed by atoms with E-state index in [1.54, 1.807) is 7.05 Å². The number of nitrogens with zero attached hydrogens (tertiary/aromatic N) is 2. The normalized spacial score (nSPS) is 18.2. The monoisotopic (exact) mass is 461 g/mol. The Morgan fingerprint density at radius 2 is 1.91 bits per heavy atom. The van der Waals surface area contributed by atoms with Gasteiger partial charge in [0.1, 0.15) is 0 Å². The molecule has 0 unspecified atom stereocenters. The Kier molecular flexibility index (Phi) is 9.36. The fourth-order valence-corrected chi connectivity index (χ4v) is 3.62. The van der Waals surface area contributed by atoms with Crippen molar-refractivity contribution in [1.29, 1.82) is 0 Å². The zero-order chi connectivity index (χ0) is 16.8. The molecule has 1 fully saturated rings. The van der Waals surface area contributed by atoms with Crippen LogP contribution in [0.1, 0.15) is 27.2 Å². The molecule has 0 radical (unpaired) electrons. The van der Waals surface area contributed by atoms with Crippen LogP contribution in [0.5, 0.6) is 0 Å². The predicted molar refractivity (Wildman–Crippen MR) is 103 cm³/mol. The summed E-state index contributed by atoms with van der Waals surface area (Å²) in [5, 5.41) is 8.74. The standard InChI is InChI=1S/C13H27N5O3S.HI/c1-13(2,3)17-11(19)10-16-12(14-4)15-6-8-18-7-5-9-22(18,20)21;/h5-10H2,1-4H3,(H,17,19)(H2,14,15,16);1H. The molecule has 1 aliphatic heterocycles. The number of rotatable bonds is 5. The lowest BCUT2D eigenvalue weighted by atomic mass is 10.1. The van der Waals surface area contributed by atoms with Crippen LogP contribution in [0.2, 0.25) is 0 Å². The fraction of sp³-hybridized carbons (Fsp3) is 0.846. The van der Waals surface area contributed by atoms with Crippen molar-refractivity contribution >= 4 is 45.9 Å². The first-order valence-corrected chi connectivity index (χ1v) is 8.98. The molecule has 23 heavy (non-hydrogen) atoms. The third-order valence-electron chi connectivity index (χ3n) is 3.01. The number of amides is 1. The van der Waals surface area contributed by atoms with Gasteiger partial charge in [-0.2, -0.15) is 0 Å². The molecule has 3 N–H and O–H groups in total. The molecule has 0 aromatic heterocycles. The maximum atomic E-state index is 11.7. The van der Waals surface area contributed by atoms with Gasteiger partial charge in [0.25, 0.3) is 0 Å². The number of guanidine groups is 1. The molecule has 1 saturated heterocycles. The molecule has 0 aromatic rings. The Morgan fingerprint density at radius 3 is 2.39 bits per heavy atom. The first-order chi connectivity index (χ1) is 10.1. The Labute approximate surface area is 155 Å². The van der Waals surface area contributed by atoms with E-state index in [9.17, 15) is 13.2 Å². The summed E-state index contributed by atoms with van der Waals surface area (Å²) in [5.74, 6) is 0.575. The number of nitrogens with one attached hydrogen (secondary N) is 3. The molecular formula is C13H28IN5O3S. The van der Waals surface area contributed by atoms with Crippen molar-refractivity contribution in [2.45, 2.75) is 32.7 Å². The van der Waals surface area contributed by atoms with E-state index in [-0.39, 0.29) is 47.7 Å². The fourth-order valence-electron chi connectivity index (χ4n) is 2.09. The van der Waals surface area contributed by atoms with Crippen LogP contribution in [-0.2, 0) is 14.8 Å². The van der Waals surface area contributed by atoms with Crippen molar-refractivity contribution < 1.29 is 13.2 Å². The van der Waals surface area contributed by atoms with Gasteiger partial charge in [0.05, 0.1) is 12.3 Å². The summed E-state index contributed by atoms with van der Waals surface area (Å²) in [7, 11) is -1.47. The van der Waals surface area contributed by atoms with E-state index >= 15 is 0 Å². The van der Waals surface area contributed by atoms with Crippen LogP contribution in [0.15, 0.2) is 4.99 Å². The molecule has 0 aromatic carbocycles. The third kappa shape index (κ3) is 8.70. The second kappa shape index (κ2) is 9.62. The molecular weight excluding hydrogens is 433 g/mol. The van der Waals surface area contributed by atoms with Crippen molar-refractivity contribution in [2.75, 3.05) is 39.0 Å². The summed E-state index contributed by atoms with van der Waals surface area (Å²) >= 11 is 0. The summed E-state index contributed by atoms with van der Waals surface area (Å²) in [4.78, 5) is 15.7. The summed E-state index contributed by atoms with van der Waals surface area (Å²) in [5.41, 5.74) is -0.278. The number of carbonyl (C=O) groups excluding carboxylic acids is 1. The van der Waals surface area contributed by atoms with Crippen molar-refractivity contribution in [3.05, 3.63) is 0 Å². The molecule has 0 spiro atoms. The molecule has 0 aliphatic carbocycles. The average Bonchev–Trinajstić information content (AvgIpc) is 2.70. The largest absolute Gasteiger partial charge is 0.355 e. The van der Waals surface area contributed by atoms with Gasteiger partial charge in [-0.3, -0.25) is 9.79 Å². The van der Waals surface area contributed by atoms with E-state index in [0.29, 0.717) is 32.0 Å². The van der Waals surface area contributed by atoms with Gasteiger partial charge in [-0.15, -0.1) is 24.0 Å². The van der Waals surface area contributed by atoms with Gasteiger partial charge < -0.3 is 16.0 Å². The third-order valence-corrected chi connectivity index (χ3v) is 4.97. The molecule has 136 valence electrons. The van der Waals surface area contributed by atoms with Crippen LogP contribution in [0.4, 0.5) is 0 Å². The number of carbonyl (C=O) groups is 1. The second-order valence-electron chi connectivity index (χ2n) is 6.22. The maximum Gasteiger partial charge on any atom is 0.239 e. The highest BCUT2D eigenvalue weighted by Crippen LogP contribution is 2.11. The minimum atomic E-state index is -3.07. The predicted octanol–water partition coefficient (Wildman–Crippen LogP) is -0.280. The van der Waals surface area contributed by atoms with Gasteiger partial charge in [0.2, 0.25) is 15.9 Å². The van der Waals surface area contributed by atoms with Gasteiger partial charge in [-0.05, 0) is 27.2 Å². The number of sulfonamides is 1. The highest BCUT2D eigenvalue weighted by molar-refractivity contribution is 14.0. The highest BCUT2D eigenvalue weighted by atomic mass is 127. The van der Waals surface area contributed by atoms with Gasteiger partial charge in [-0.1, -0.05) is 0 Å². The van der Waals surface area contributed by atoms with E-state index < -0.39 is 10.0 Å².